The summed E-state index contributed by atoms with van der Waals surface area (Å²) >= 11 is 0. The van der Waals surface area contributed by atoms with E-state index >= 15 is 0 Å². The maximum absolute atomic E-state index is 6.28. The van der Waals surface area contributed by atoms with Crippen LogP contribution in [0.1, 0.15) is 51.9 Å². The predicted octanol–water partition coefficient (Wildman–Crippen LogP) is 9.78. The van der Waals surface area contributed by atoms with Gasteiger partial charge in [-0.2, -0.15) is 0 Å². The summed E-state index contributed by atoms with van der Waals surface area (Å²) in [5.41, 5.74) is 14.2. The van der Waals surface area contributed by atoms with Gasteiger partial charge < -0.3 is 14.4 Å². The molecule has 0 saturated heterocycles. The third-order valence-electron chi connectivity index (χ3n) is 8.68. The molecule has 1 aliphatic carbocycles. The number of pyridine rings is 3. The van der Waals surface area contributed by atoms with Crippen LogP contribution in [0.15, 0.2) is 102 Å². The van der Waals surface area contributed by atoms with Gasteiger partial charge in [-0.05, 0) is 79.7 Å². The Balaban J connectivity index is 0.000000197. The summed E-state index contributed by atoms with van der Waals surface area (Å²) in [6.07, 6.45) is 9.52. The molecule has 0 amide bonds. The quantitative estimate of drug-likeness (QED) is 0.167. The van der Waals surface area contributed by atoms with Crippen molar-refractivity contribution < 1.29 is 24.5 Å². The molecule has 1 radical (unpaired) electrons. The van der Waals surface area contributed by atoms with Gasteiger partial charge in [0, 0.05) is 50.0 Å². The minimum Gasteiger partial charge on any atom is -0.486 e. The number of hydrogen-bond acceptors (Lipinski definition) is 4. The van der Waals surface area contributed by atoms with Crippen molar-refractivity contribution in [2.24, 2.45) is 0 Å². The molecule has 0 N–H and O–H groups in total. The zero-order valence-corrected chi connectivity index (χ0v) is 28.8. The van der Waals surface area contributed by atoms with E-state index < -0.39 is 0 Å². The first-order chi connectivity index (χ1) is 22.0. The second kappa shape index (κ2) is 13.9. The molecule has 0 saturated carbocycles. The maximum Gasteiger partial charge on any atom is 0.216 e. The van der Waals surface area contributed by atoms with Crippen molar-refractivity contribution >= 4 is 22.1 Å². The fraction of sp³-hybridized carbons (Fsp3) is 0.195. The molecule has 46 heavy (non-hydrogen) atoms. The first kappa shape index (κ1) is 31.5. The number of aryl methyl sites for hydroxylation is 5. The number of furan rings is 1. The summed E-state index contributed by atoms with van der Waals surface area (Å²) in [7, 11) is 0. The fourth-order valence-corrected chi connectivity index (χ4v) is 5.94. The summed E-state index contributed by atoms with van der Waals surface area (Å²) < 4.78 is 6.28. The molecule has 5 heteroatoms. The average molecular weight is 778 g/mol. The number of nitrogens with zero attached hydrogens (tertiary/aromatic N) is 3. The van der Waals surface area contributed by atoms with Gasteiger partial charge in [-0.3, -0.25) is 0 Å². The maximum atomic E-state index is 6.28. The van der Waals surface area contributed by atoms with Gasteiger partial charge in [-0.25, -0.2) is 4.98 Å². The molecule has 0 spiro atoms. The van der Waals surface area contributed by atoms with Crippen molar-refractivity contribution in [3.8, 4) is 22.5 Å². The minimum atomic E-state index is 0. The molecule has 1 aliphatic rings. The van der Waals surface area contributed by atoms with Crippen LogP contribution in [-0.2, 0) is 39.4 Å². The molecular weight excluding hydrogens is 743 g/mol. The van der Waals surface area contributed by atoms with Gasteiger partial charge in [-0.15, -0.1) is 53.6 Å². The van der Waals surface area contributed by atoms with E-state index in [1.165, 1.54) is 46.2 Å². The van der Waals surface area contributed by atoms with Gasteiger partial charge in [0.1, 0.15) is 0 Å². The summed E-state index contributed by atoms with van der Waals surface area (Å²) in [6, 6.07) is 35.7. The smallest absolute Gasteiger partial charge is 0.216 e. The summed E-state index contributed by atoms with van der Waals surface area (Å²) in [5, 5.41) is 2.10. The van der Waals surface area contributed by atoms with Gasteiger partial charge in [0.2, 0.25) is 5.71 Å². The Hall–Kier alpha value is -4.44. The Labute approximate surface area is 284 Å². The standard InChI is InChI=1S/C27H21N2O.C14H14N.Ir/c1-2-7-18(8-3-1)15-21-13-14-23-22-11-6-12-24(26(22)30-27(23)29-21)25-16-19-9-4-5-10-20(19)17-28-25;1-10-4-6-13(7-5-10)14-8-11(2)12(3)9-15-14;/h1-3,6-8,11,13-14,16-17H,4-5,9-10,15H2;4-6,8-9H,1-3H3;/q2*-1;. The molecule has 8 rings (SSSR count). The van der Waals surface area contributed by atoms with Crippen LogP contribution < -0.4 is 0 Å². The summed E-state index contributed by atoms with van der Waals surface area (Å²) in [4.78, 5) is 14.0. The molecule has 4 nitrogen and oxygen atoms in total. The van der Waals surface area contributed by atoms with E-state index in [1.54, 1.807) is 0 Å². The van der Waals surface area contributed by atoms with E-state index in [0.29, 0.717) is 5.71 Å². The van der Waals surface area contributed by atoms with Crippen LogP contribution in [0.4, 0.5) is 0 Å². The van der Waals surface area contributed by atoms with Crippen molar-refractivity contribution in [2.75, 3.05) is 0 Å². The summed E-state index contributed by atoms with van der Waals surface area (Å²) in [5.74, 6) is 0. The van der Waals surface area contributed by atoms with Crippen molar-refractivity contribution in [2.45, 2.75) is 52.9 Å². The Kier molecular flexibility index (Phi) is 9.53. The predicted molar refractivity (Wildman–Crippen MR) is 182 cm³/mol. The Bertz CT molecular complexity index is 2120. The van der Waals surface area contributed by atoms with E-state index in [1.807, 2.05) is 30.6 Å². The Morgan fingerprint density at radius 2 is 1.54 bits per heavy atom. The number of benzene rings is 3. The second-order valence-corrected chi connectivity index (χ2v) is 12.0. The molecule has 3 aromatic carbocycles. The Morgan fingerprint density at radius 3 is 2.33 bits per heavy atom. The monoisotopic (exact) mass is 778 g/mol. The van der Waals surface area contributed by atoms with Crippen LogP contribution >= 0.6 is 0 Å². The molecule has 4 aromatic heterocycles. The van der Waals surface area contributed by atoms with Crippen LogP contribution in [-0.4, -0.2) is 15.0 Å². The van der Waals surface area contributed by atoms with Crippen molar-refractivity contribution in [3.63, 3.8) is 0 Å². The molecule has 0 bridgehead atoms. The number of aromatic nitrogens is 3. The minimum absolute atomic E-state index is 0. The largest absolute Gasteiger partial charge is 0.486 e. The van der Waals surface area contributed by atoms with Crippen molar-refractivity contribution in [1.29, 1.82) is 0 Å². The molecule has 0 aliphatic heterocycles. The van der Waals surface area contributed by atoms with Gasteiger partial charge in [0.05, 0.1) is 5.58 Å². The molecule has 231 valence electrons. The third kappa shape index (κ3) is 6.72. The second-order valence-electron chi connectivity index (χ2n) is 12.0. The zero-order chi connectivity index (χ0) is 30.8. The van der Waals surface area contributed by atoms with Crippen LogP contribution in [0.3, 0.4) is 0 Å². The van der Waals surface area contributed by atoms with Gasteiger partial charge in [-0.1, -0.05) is 71.5 Å². The fourth-order valence-electron chi connectivity index (χ4n) is 5.94. The topological polar surface area (TPSA) is 51.8 Å². The van der Waals surface area contributed by atoms with E-state index in [2.05, 4.69) is 105 Å². The first-order valence-electron chi connectivity index (χ1n) is 15.7. The molecule has 4 heterocycles. The van der Waals surface area contributed by atoms with Gasteiger partial charge in [0.25, 0.3) is 0 Å². The van der Waals surface area contributed by atoms with Crippen LogP contribution in [0, 0.1) is 32.9 Å². The molecule has 7 aromatic rings. The van der Waals surface area contributed by atoms with E-state index in [9.17, 15) is 0 Å². The molecule has 0 fully saturated rings. The van der Waals surface area contributed by atoms with Gasteiger partial charge >= 0.3 is 0 Å². The van der Waals surface area contributed by atoms with Crippen LogP contribution in [0.2, 0.25) is 0 Å². The number of hydrogen-bond donors (Lipinski definition) is 0. The van der Waals surface area contributed by atoms with Gasteiger partial charge in [0.15, 0.2) is 0 Å². The van der Waals surface area contributed by atoms with Crippen LogP contribution in [0.5, 0.6) is 0 Å². The molecule has 0 unspecified atom stereocenters. The van der Waals surface area contributed by atoms with Crippen molar-refractivity contribution in [3.05, 3.63) is 149 Å². The third-order valence-corrected chi connectivity index (χ3v) is 8.68. The average Bonchev–Trinajstić information content (AvgIpc) is 3.45. The first-order valence-corrected chi connectivity index (χ1v) is 15.7. The molecule has 0 atom stereocenters. The normalized spacial score (nSPS) is 12.2. The Morgan fingerprint density at radius 1 is 0.739 bits per heavy atom. The number of fused-ring (bicyclic) bond motifs is 4. The van der Waals surface area contributed by atoms with Crippen molar-refractivity contribution in [1.82, 2.24) is 15.0 Å². The van der Waals surface area contributed by atoms with Crippen LogP contribution in [0.25, 0.3) is 44.6 Å². The van der Waals surface area contributed by atoms with E-state index in [4.69, 9.17) is 14.4 Å². The summed E-state index contributed by atoms with van der Waals surface area (Å²) in [6.45, 7) is 6.24. The van der Waals surface area contributed by atoms with E-state index in [0.717, 1.165) is 63.8 Å². The SMILES string of the molecule is Cc1c[c-]c(-c2cc(C)c(C)cn2)cc1.[Ir].[c-]1ccc2c(oc3nc(Cc4ccccc4)ccc32)c1-c1cc2c(cn1)CCCC2. The molecular formula is C41H35IrN3O-2. The van der Waals surface area contributed by atoms with E-state index in [-0.39, 0.29) is 20.1 Å². The zero-order valence-electron chi connectivity index (χ0n) is 26.4. The number of rotatable bonds is 4.